The van der Waals surface area contributed by atoms with Crippen LogP contribution in [0.5, 0.6) is 5.75 Å². The van der Waals surface area contributed by atoms with Gasteiger partial charge in [-0.15, -0.1) is 0 Å². The number of aliphatic carboxylic acids is 1. The molecule has 2 aromatic rings. The average Bonchev–Trinajstić information content (AvgIpc) is 2.93. The first-order valence-corrected chi connectivity index (χ1v) is 7.23. The molecule has 0 amide bonds. The smallest absolute Gasteiger partial charge is 0.314 e. The maximum atomic E-state index is 11.8. The summed E-state index contributed by atoms with van der Waals surface area (Å²) in [6.45, 7) is 1.73. The average molecular weight is 311 g/mol. The molecule has 3 rings (SSSR count). The van der Waals surface area contributed by atoms with E-state index in [1.54, 1.807) is 37.5 Å². The minimum atomic E-state index is -0.905. The fourth-order valence-corrected chi connectivity index (χ4v) is 2.89. The van der Waals surface area contributed by atoms with Gasteiger partial charge in [0.1, 0.15) is 17.4 Å². The SMILES string of the molecule is COc1ccccc1N1N=C(C)C(C(=O)O)C1c1cccnc1. The number of methoxy groups -OCH3 is 1. The van der Waals surface area contributed by atoms with E-state index in [1.165, 1.54) is 0 Å². The highest BCUT2D eigenvalue weighted by atomic mass is 16.5. The molecule has 2 atom stereocenters. The number of benzene rings is 1. The van der Waals surface area contributed by atoms with Crippen molar-refractivity contribution < 1.29 is 14.6 Å². The van der Waals surface area contributed by atoms with Gasteiger partial charge < -0.3 is 9.84 Å². The number of aromatic nitrogens is 1. The van der Waals surface area contributed by atoms with E-state index in [4.69, 9.17) is 4.74 Å². The van der Waals surface area contributed by atoms with Crippen molar-refractivity contribution in [2.75, 3.05) is 12.1 Å². The van der Waals surface area contributed by atoms with Crippen LogP contribution in [-0.2, 0) is 4.79 Å². The first-order chi connectivity index (χ1) is 11.1. The maximum absolute atomic E-state index is 11.8. The topological polar surface area (TPSA) is 75.0 Å². The number of ether oxygens (including phenoxy) is 1. The number of hydrogen-bond acceptors (Lipinski definition) is 5. The fraction of sp³-hybridized carbons (Fsp3) is 0.235. The van der Waals surface area contributed by atoms with Crippen LogP contribution in [0.2, 0.25) is 0 Å². The third-order valence-corrected chi connectivity index (χ3v) is 3.92. The van der Waals surface area contributed by atoms with Crippen molar-refractivity contribution in [3.05, 3.63) is 54.4 Å². The largest absolute Gasteiger partial charge is 0.495 e. The van der Waals surface area contributed by atoms with Gasteiger partial charge in [0.25, 0.3) is 0 Å². The van der Waals surface area contributed by atoms with Crippen LogP contribution in [-0.4, -0.2) is 28.9 Å². The van der Waals surface area contributed by atoms with Gasteiger partial charge >= 0.3 is 5.97 Å². The minimum absolute atomic E-state index is 0.461. The molecule has 0 saturated heterocycles. The van der Waals surface area contributed by atoms with Crippen LogP contribution < -0.4 is 9.75 Å². The predicted molar refractivity (Wildman–Crippen MR) is 86.7 cm³/mol. The highest BCUT2D eigenvalue weighted by Gasteiger charge is 2.42. The molecule has 0 radical (unpaired) electrons. The van der Waals surface area contributed by atoms with Crippen LogP contribution in [0.1, 0.15) is 18.5 Å². The molecule has 1 aliphatic heterocycles. The number of anilines is 1. The Labute approximate surface area is 134 Å². The summed E-state index contributed by atoms with van der Waals surface area (Å²) in [6, 6.07) is 10.6. The van der Waals surface area contributed by atoms with Crippen LogP contribution in [0.25, 0.3) is 0 Å². The first kappa shape index (κ1) is 15.0. The van der Waals surface area contributed by atoms with E-state index in [2.05, 4.69) is 10.1 Å². The van der Waals surface area contributed by atoms with Gasteiger partial charge in [-0.05, 0) is 30.7 Å². The lowest BCUT2D eigenvalue weighted by atomic mass is 9.91. The Balaban J connectivity index is 2.12. The standard InChI is InChI=1S/C17H17N3O3/c1-11-15(17(21)22)16(12-6-5-9-18-10-12)20(19-11)13-7-3-4-8-14(13)23-2/h3-10,15-16H,1-2H3,(H,21,22). The second kappa shape index (κ2) is 6.08. The summed E-state index contributed by atoms with van der Waals surface area (Å²) < 4.78 is 5.40. The van der Waals surface area contributed by atoms with E-state index in [0.29, 0.717) is 11.5 Å². The molecule has 1 aromatic carbocycles. The normalized spacial score (nSPS) is 20.3. The Morgan fingerprint density at radius 1 is 1.26 bits per heavy atom. The van der Waals surface area contributed by atoms with Crippen molar-refractivity contribution >= 4 is 17.4 Å². The number of para-hydroxylation sites is 2. The number of pyridine rings is 1. The number of carbonyl (C=O) groups is 1. The first-order valence-electron chi connectivity index (χ1n) is 7.23. The van der Waals surface area contributed by atoms with Gasteiger partial charge in [0.15, 0.2) is 0 Å². The summed E-state index contributed by atoms with van der Waals surface area (Å²) in [5, 5.41) is 15.8. The Morgan fingerprint density at radius 3 is 2.70 bits per heavy atom. The molecular weight excluding hydrogens is 294 g/mol. The quantitative estimate of drug-likeness (QED) is 0.939. The lowest BCUT2D eigenvalue weighted by molar-refractivity contribution is -0.139. The van der Waals surface area contributed by atoms with Gasteiger partial charge in [-0.1, -0.05) is 18.2 Å². The molecule has 0 bridgehead atoms. The molecule has 0 aliphatic carbocycles. The molecular formula is C17H17N3O3. The number of hydrogen-bond donors (Lipinski definition) is 1. The monoisotopic (exact) mass is 311 g/mol. The summed E-state index contributed by atoms with van der Waals surface area (Å²) >= 11 is 0. The lowest BCUT2D eigenvalue weighted by Gasteiger charge is -2.27. The van der Waals surface area contributed by atoms with Gasteiger partial charge in [-0.25, -0.2) is 0 Å². The molecule has 0 fully saturated rings. The van der Waals surface area contributed by atoms with E-state index < -0.39 is 17.9 Å². The van der Waals surface area contributed by atoms with E-state index in [-0.39, 0.29) is 0 Å². The van der Waals surface area contributed by atoms with Crippen LogP contribution in [0.15, 0.2) is 53.9 Å². The Bertz CT molecular complexity index is 746. The van der Waals surface area contributed by atoms with Crippen LogP contribution in [0, 0.1) is 5.92 Å². The highest BCUT2D eigenvalue weighted by Crippen LogP contribution is 2.42. The van der Waals surface area contributed by atoms with E-state index in [9.17, 15) is 9.90 Å². The lowest BCUT2D eigenvalue weighted by Crippen LogP contribution is -2.30. The summed E-state index contributed by atoms with van der Waals surface area (Å²) in [4.78, 5) is 15.9. The van der Waals surface area contributed by atoms with Crippen LogP contribution in [0.4, 0.5) is 5.69 Å². The predicted octanol–water partition coefficient (Wildman–Crippen LogP) is 2.73. The van der Waals surface area contributed by atoms with Gasteiger partial charge in [0.2, 0.25) is 0 Å². The number of nitrogens with zero attached hydrogens (tertiary/aromatic N) is 3. The molecule has 118 valence electrons. The minimum Gasteiger partial charge on any atom is -0.495 e. The van der Waals surface area contributed by atoms with Gasteiger partial charge in [-0.2, -0.15) is 5.10 Å². The molecule has 1 N–H and O–H groups in total. The summed E-state index contributed by atoms with van der Waals surface area (Å²) in [6.07, 6.45) is 3.34. The third-order valence-electron chi connectivity index (χ3n) is 3.92. The van der Waals surface area contributed by atoms with Crippen molar-refractivity contribution in [3.63, 3.8) is 0 Å². The van der Waals surface area contributed by atoms with E-state index in [0.717, 1.165) is 11.3 Å². The van der Waals surface area contributed by atoms with Crippen molar-refractivity contribution in [2.24, 2.45) is 11.0 Å². The maximum Gasteiger partial charge on any atom is 0.314 e. The molecule has 1 aliphatic rings. The van der Waals surface area contributed by atoms with Crippen molar-refractivity contribution in [1.29, 1.82) is 0 Å². The Kier molecular flexibility index (Phi) is 3.97. The molecule has 1 aromatic heterocycles. The second-order valence-electron chi connectivity index (χ2n) is 5.30. The number of carboxylic acids is 1. The number of hydrazone groups is 1. The molecule has 6 heteroatoms. The molecule has 2 unspecified atom stereocenters. The summed E-state index contributed by atoms with van der Waals surface area (Å²) in [5.74, 6) is -0.995. The van der Waals surface area contributed by atoms with Gasteiger partial charge in [0.05, 0.1) is 18.9 Å². The number of rotatable bonds is 4. The van der Waals surface area contributed by atoms with Crippen LogP contribution >= 0.6 is 0 Å². The van der Waals surface area contributed by atoms with Crippen molar-refractivity contribution in [3.8, 4) is 5.75 Å². The summed E-state index contributed by atoms with van der Waals surface area (Å²) in [5.41, 5.74) is 2.08. The molecule has 0 spiro atoms. The zero-order valence-electron chi connectivity index (χ0n) is 12.9. The number of carboxylic acid groups (broad SMARTS) is 1. The zero-order chi connectivity index (χ0) is 16.4. The second-order valence-corrected chi connectivity index (χ2v) is 5.30. The van der Waals surface area contributed by atoms with Crippen molar-refractivity contribution in [1.82, 2.24) is 4.98 Å². The summed E-state index contributed by atoms with van der Waals surface area (Å²) in [7, 11) is 1.58. The Morgan fingerprint density at radius 2 is 2.04 bits per heavy atom. The molecule has 2 heterocycles. The van der Waals surface area contributed by atoms with E-state index >= 15 is 0 Å². The van der Waals surface area contributed by atoms with Gasteiger partial charge in [0, 0.05) is 12.4 Å². The molecule has 6 nitrogen and oxygen atoms in total. The van der Waals surface area contributed by atoms with E-state index in [1.807, 2.05) is 30.3 Å². The fourth-order valence-electron chi connectivity index (χ4n) is 2.89. The van der Waals surface area contributed by atoms with Crippen molar-refractivity contribution in [2.45, 2.75) is 13.0 Å². The highest BCUT2D eigenvalue weighted by molar-refractivity contribution is 6.04. The third kappa shape index (κ3) is 2.63. The Hall–Kier alpha value is -2.89. The zero-order valence-corrected chi connectivity index (χ0v) is 12.9. The molecule has 23 heavy (non-hydrogen) atoms. The van der Waals surface area contributed by atoms with Gasteiger partial charge in [-0.3, -0.25) is 14.8 Å². The molecule has 0 saturated carbocycles. The van der Waals surface area contributed by atoms with Crippen LogP contribution in [0.3, 0.4) is 0 Å².